The second-order valence-corrected chi connectivity index (χ2v) is 5.99. The van der Waals surface area contributed by atoms with Gasteiger partial charge < -0.3 is 10.5 Å². The van der Waals surface area contributed by atoms with E-state index in [9.17, 15) is 4.39 Å². The number of hydrogen-bond donors (Lipinski definition) is 1. The van der Waals surface area contributed by atoms with E-state index in [0.717, 1.165) is 11.1 Å². The van der Waals surface area contributed by atoms with Crippen molar-refractivity contribution in [3.8, 4) is 5.75 Å². The van der Waals surface area contributed by atoms with Crippen LogP contribution in [0.15, 0.2) is 45.8 Å². The zero-order valence-electron chi connectivity index (χ0n) is 11.2. The fourth-order valence-electron chi connectivity index (χ4n) is 1.95. The van der Waals surface area contributed by atoms with Crippen LogP contribution in [0.2, 0.25) is 0 Å². The first-order chi connectivity index (χ1) is 9.56. The zero-order chi connectivity index (χ0) is 14.7. The van der Waals surface area contributed by atoms with Gasteiger partial charge in [-0.2, -0.15) is 0 Å². The van der Waals surface area contributed by atoms with Crippen molar-refractivity contribution in [3.63, 3.8) is 0 Å². The monoisotopic (exact) mass is 355 g/mol. The minimum Gasteiger partial charge on any atom is -0.496 e. The van der Waals surface area contributed by atoms with Crippen LogP contribution in [0.5, 0.6) is 5.75 Å². The summed E-state index contributed by atoms with van der Waals surface area (Å²) in [5, 5.41) is 0. The summed E-state index contributed by atoms with van der Waals surface area (Å²) >= 11 is 4.86. The van der Waals surface area contributed by atoms with Crippen molar-refractivity contribution in [1.82, 2.24) is 0 Å². The number of methoxy groups -OCH3 is 1. The fourth-order valence-corrected chi connectivity index (χ4v) is 2.72. The predicted molar refractivity (Wildman–Crippen MR) is 84.9 cm³/mol. The van der Waals surface area contributed by atoms with Gasteiger partial charge in [0.2, 0.25) is 0 Å². The third kappa shape index (κ3) is 3.16. The van der Waals surface area contributed by atoms with Gasteiger partial charge in [0.25, 0.3) is 0 Å². The number of rotatable bonds is 4. The molecule has 0 saturated carbocycles. The summed E-state index contributed by atoms with van der Waals surface area (Å²) in [6.07, 6.45) is 2.02. The van der Waals surface area contributed by atoms with Gasteiger partial charge in [-0.05, 0) is 45.9 Å². The van der Waals surface area contributed by atoms with Gasteiger partial charge in [0.05, 0.1) is 17.6 Å². The standard InChI is InChI=1S/C15H15BrFNOS/c1-19-14-8-13(17)12(16)7-11(14)15(18)9-3-5-10(20-2)6-4-9/h3-8,15H,18H2,1-2H3. The smallest absolute Gasteiger partial charge is 0.141 e. The van der Waals surface area contributed by atoms with E-state index >= 15 is 0 Å². The summed E-state index contributed by atoms with van der Waals surface area (Å²) < 4.78 is 19.1. The fraction of sp³-hybridized carbons (Fsp3) is 0.200. The molecule has 2 rings (SSSR count). The first-order valence-corrected chi connectivity index (χ1v) is 8.01. The summed E-state index contributed by atoms with van der Waals surface area (Å²) in [4.78, 5) is 1.17. The molecular weight excluding hydrogens is 341 g/mol. The Bertz CT molecular complexity index is 604. The summed E-state index contributed by atoms with van der Waals surface area (Å²) in [5.41, 5.74) is 7.98. The lowest BCUT2D eigenvalue weighted by atomic mass is 9.99. The van der Waals surface area contributed by atoms with Gasteiger partial charge in [-0.1, -0.05) is 12.1 Å². The Kier molecular flexibility index (Phi) is 5.07. The highest BCUT2D eigenvalue weighted by molar-refractivity contribution is 9.10. The van der Waals surface area contributed by atoms with Crippen LogP contribution in [0.3, 0.4) is 0 Å². The van der Waals surface area contributed by atoms with Crippen LogP contribution < -0.4 is 10.5 Å². The molecule has 0 aliphatic heterocycles. The first kappa shape index (κ1) is 15.4. The van der Waals surface area contributed by atoms with E-state index in [2.05, 4.69) is 15.9 Å². The van der Waals surface area contributed by atoms with Gasteiger partial charge >= 0.3 is 0 Å². The number of hydrogen-bond acceptors (Lipinski definition) is 3. The van der Waals surface area contributed by atoms with Crippen molar-refractivity contribution in [2.75, 3.05) is 13.4 Å². The lowest BCUT2D eigenvalue weighted by Crippen LogP contribution is -2.13. The maximum absolute atomic E-state index is 13.5. The van der Waals surface area contributed by atoms with Crippen molar-refractivity contribution in [1.29, 1.82) is 0 Å². The van der Waals surface area contributed by atoms with E-state index in [4.69, 9.17) is 10.5 Å². The van der Waals surface area contributed by atoms with Crippen LogP contribution in [0.4, 0.5) is 4.39 Å². The molecule has 2 N–H and O–H groups in total. The third-order valence-electron chi connectivity index (χ3n) is 3.08. The molecule has 1 unspecified atom stereocenters. The first-order valence-electron chi connectivity index (χ1n) is 5.99. The molecule has 0 aliphatic carbocycles. The van der Waals surface area contributed by atoms with E-state index in [1.807, 2.05) is 30.5 Å². The van der Waals surface area contributed by atoms with Crippen LogP contribution in [-0.2, 0) is 0 Å². The van der Waals surface area contributed by atoms with Crippen LogP contribution in [0, 0.1) is 5.82 Å². The van der Waals surface area contributed by atoms with Crippen molar-refractivity contribution in [2.45, 2.75) is 10.9 Å². The highest BCUT2D eigenvalue weighted by Gasteiger charge is 2.17. The minimum atomic E-state index is -0.365. The Labute approximate surface area is 130 Å². The quantitative estimate of drug-likeness (QED) is 0.827. The Hall–Kier alpha value is -1.04. The molecule has 0 aromatic heterocycles. The van der Waals surface area contributed by atoms with Crippen molar-refractivity contribution in [2.24, 2.45) is 5.73 Å². The molecule has 2 aromatic rings. The maximum Gasteiger partial charge on any atom is 0.141 e. The van der Waals surface area contributed by atoms with Gasteiger partial charge in [0.15, 0.2) is 0 Å². The van der Waals surface area contributed by atoms with Gasteiger partial charge in [-0.3, -0.25) is 0 Å². The molecule has 0 saturated heterocycles. The summed E-state index contributed by atoms with van der Waals surface area (Å²) in [5.74, 6) is 0.0858. The average Bonchev–Trinajstić information content (AvgIpc) is 2.49. The molecule has 2 nitrogen and oxygen atoms in total. The molecule has 0 amide bonds. The Balaban J connectivity index is 2.41. The minimum absolute atomic E-state index is 0.363. The SMILES string of the molecule is COc1cc(F)c(Br)cc1C(N)c1ccc(SC)cc1. The van der Waals surface area contributed by atoms with E-state index in [-0.39, 0.29) is 11.9 Å². The normalized spacial score (nSPS) is 12.2. The molecule has 106 valence electrons. The molecule has 20 heavy (non-hydrogen) atoms. The summed E-state index contributed by atoms with van der Waals surface area (Å²) in [6, 6.07) is 10.6. The van der Waals surface area contributed by atoms with Crippen molar-refractivity contribution in [3.05, 3.63) is 57.8 Å². The third-order valence-corrected chi connectivity index (χ3v) is 4.43. The topological polar surface area (TPSA) is 35.2 Å². The number of nitrogens with two attached hydrogens (primary N) is 1. The van der Waals surface area contributed by atoms with Crippen molar-refractivity contribution < 1.29 is 9.13 Å². The van der Waals surface area contributed by atoms with Gasteiger partial charge in [-0.25, -0.2) is 4.39 Å². The van der Waals surface area contributed by atoms with E-state index in [1.54, 1.807) is 17.8 Å². The van der Waals surface area contributed by atoms with Gasteiger partial charge in [-0.15, -0.1) is 11.8 Å². The van der Waals surface area contributed by atoms with E-state index in [0.29, 0.717) is 10.2 Å². The average molecular weight is 356 g/mol. The van der Waals surface area contributed by atoms with Crippen LogP contribution in [0.25, 0.3) is 0 Å². The molecule has 1 atom stereocenters. The van der Waals surface area contributed by atoms with E-state index in [1.165, 1.54) is 18.1 Å². The highest BCUT2D eigenvalue weighted by atomic mass is 79.9. The van der Waals surface area contributed by atoms with Gasteiger partial charge in [0.1, 0.15) is 11.6 Å². The molecular formula is C15H15BrFNOS. The number of ether oxygens (including phenoxy) is 1. The molecule has 0 spiro atoms. The molecule has 0 radical (unpaired) electrons. The Morgan fingerprint density at radius 2 is 1.90 bits per heavy atom. The second kappa shape index (κ2) is 6.61. The summed E-state index contributed by atoms with van der Waals surface area (Å²) in [6.45, 7) is 0. The number of benzene rings is 2. The lowest BCUT2D eigenvalue weighted by Gasteiger charge is -2.17. The van der Waals surface area contributed by atoms with Crippen LogP contribution in [-0.4, -0.2) is 13.4 Å². The Morgan fingerprint density at radius 3 is 2.45 bits per heavy atom. The molecule has 0 aliphatic rings. The number of thioether (sulfide) groups is 1. The highest BCUT2D eigenvalue weighted by Crippen LogP contribution is 2.33. The Morgan fingerprint density at radius 1 is 1.25 bits per heavy atom. The second-order valence-electron chi connectivity index (χ2n) is 4.26. The largest absolute Gasteiger partial charge is 0.496 e. The molecule has 2 aromatic carbocycles. The van der Waals surface area contributed by atoms with Gasteiger partial charge in [0, 0.05) is 16.5 Å². The summed E-state index contributed by atoms with van der Waals surface area (Å²) in [7, 11) is 1.51. The molecule has 0 bridgehead atoms. The maximum atomic E-state index is 13.5. The molecule has 0 fully saturated rings. The van der Waals surface area contributed by atoms with Crippen LogP contribution >= 0.6 is 27.7 Å². The van der Waals surface area contributed by atoms with E-state index < -0.39 is 0 Å². The lowest BCUT2D eigenvalue weighted by molar-refractivity contribution is 0.404. The van der Waals surface area contributed by atoms with Crippen LogP contribution in [0.1, 0.15) is 17.2 Å². The van der Waals surface area contributed by atoms with Crippen molar-refractivity contribution >= 4 is 27.7 Å². The molecule has 0 heterocycles. The molecule has 5 heteroatoms. The number of halogens is 2. The predicted octanol–water partition coefficient (Wildman–Crippen LogP) is 4.37. The zero-order valence-corrected chi connectivity index (χ0v) is 13.6.